The highest BCUT2D eigenvalue weighted by atomic mass is 19.1. The minimum atomic E-state index is -0.290. The normalized spacial score (nSPS) is 16.6. The van der Waals surface area contributed by atoms with Gasteiger partial charge in [-0.15, -0.1) is 0 Å². The number of H-pyrrole nitrogens is 1. The number of aromatic nitrogens is 1. The van der Waals surface area contributed by atoms with Gasteiger partial charge in [0.15, 0.2) is 5.78 Å². The highest BCUT2D eigenvalue weighted by Gasteiger charge is 2.27. The molecule has 0 aliphatic heterocycles. The summed E-state index contributed by atoms with van der Waals surface area (Å²) in [5.41, 5.74) is 2.39. The maximum absolute atomic E-state index is 13.3. The van der Waals surface area contributed by atoms with Crippen molar-refractivity contribution >= 4 is 16.7 Å². The number of ketones is 1. The number of carbonyl (C=O) groups is 1. The van der Waals surface area contributed by atoms with E-state index >= 15 is 0 Å². The number of benzene rings is 1. The zero-order valence-electron chi connectivity index (χ0n) is 10.4. The van der Waals surface area contributed by atoms with Gasteiger partial charge in [0.25, 0.3) is 0 Å². The minimum absolute atomic E-state index is 0.131. The van der Waals surface area contributed by atoms with Crippen LogP contribution in [0, 0.1) is 18.7 Å². The van der Waals surface area contributed by atoms with E-state index in [2.05, 4.69) is 4.98 Å². The van der Waals surface area contributed by atoms with Crippen LogP contribution < -0.4 is 0 Å². The van der Waals surface area contributed by atoms with Crippen molar-refractivity contribution in [2.24, 2.45) is 5.92 Å². The molecule has 18 heavy (non-hydrogen) atoms. The highest BCUT2D eigenvalue weighted by molar-refractivity contribution is 6.10. The topological polar surface area (TPSA) is 32.9 Å². The van der Waals surface area contributed by atoms with Gasteiger partial charge in [-0.1, -0.05) is 12.8 Å². The third-order valence-electron chi connectivity index (χ3n) is 3.92. The number of hydrogen-bond donors (Lipinski definition) is 1. The van der Waals surface area contributed by atoms with Gasteiger partial charge in [-0.05, 0) is 38.0 Å². The van der Waals surface area contributed by atoms with Crippen LogP contribution in [0.2, 0.25) is 0 Å². The van der Waals surface area contributed by atoms with Crippen molar-refractivity contribution in [1.82, 2.24) is 4.98 Å². The summed E-state index contributed by atoms with van der Waals surface area (Å²) in [6, 6.07) is 4.58. The van der Waals surface area contributed by atoms with E-state index < -0.39 is 0 Å². The molecular weight excluding hydrogens is 229 g/mol. The zero-order valence-corrected chi connectivity index (χ0v) is 10.4. The van der Waals surface area contributed by atoms with Crippen molar-refractivity contribution in [3.05, 3.63) is 35.3 Å². The molecule has 1 fully saturated rings. The van der Waals surface area contributed by atoms with Crippen molar-refractivity contribution in [3.8, 4) is 0 Å². The van der Waals surface area contributed by atoms with Gasteiger partial charge in [0.1, 0.15) is 5.82 Å². The number of Topliss-reactive ketones (excluding diaryl/α,β-unsaturated/α-hetero) is 1. The summed E-state index contributed by atoms with van der Waals surface area (Å²) in [7, 11) is 0. The minimum Gasteiger partial charge on any atom is -0.358 e. The van der Waals surface area contributed by atoms with E-state index in [9.17, 15) is 9.18 Å². The van der Waals surface area contributed by atoms with Crippen molar-refractivity contribution in [2.75, 3.05) is 0 Å². The molecule has 94 valence electrons. The molecule has 0 unspecified atom stereocenters. The average molecular weight is 245 g/mol. The summed E-state index contributed by atoms with van der Waals surface area (Å²) in [5.74, 6) is 0.0230. The fraction of sp³-hybridized carbons (Fsp3) is 0.400. The molecule has 1 heterocycles. The van der Waals surface area contributed by atoms with Crippen LogP contribution in [0.15, 0.2) is 18.2 Å². The molecule has 0 spiro atoms. The number of fused-ring (bicyclic) bond motifs is 1. The van der Waals surface area contributed by atoms with E-state index in [1.807, 2.05) is 6.92 Å². The van der Waals surface area contributed by atoms with Gasteiger partial charge in [0.05, 0.1) is 0 Å². The van der Waals surface area contributed by atoms with Gasteiger partial charge in [0.2, 0.25) is 0 Å². The number of aryl methyl sites for hydroxylation is 1. The van der Waals surface area contributed by atoms with Gasteiger partial charge in [-0.3, -0.25) is 4.79 Å². The first kappa shape index (κ1) is 11.5. The first-order valence-corrected chi connectivity index (χ1v) is 6.49. The van der Waals surface area contributed by atoms with E-state index in [1.165, 1.54) is 12.1 Å². The Kier molecular flexibility index (Phi) is 2.69. The number of rotatable bonds is 2. The predicted octanol–water partition coefficient (Wildman–Crippen LogP) is 3.99. The lowest BCUT2D eigenvalue weighted by Crippen LogP contribution is -2.11. The molecular formula is C15H16FNO. The average Bonchev–Trinajstić information content (AvgIpc) is 2.94. The predicted molar refractivity (Wildman–Crippen MR) is 69.3 cm³/mol. The lowest BCUT2D eigenvalue weighted by molar-refractivity contribution is 0.0924. The number of carbonyl (C=O) groups excluding carboxylic acids is 1. The number of halogens is 1. The second-order valence-electron chi connectivity index (χ2n) is 5.16. The molecule has 3 rings (SSSR count). The van der Waals surface area contributed by atoms with Crippen LogP contribution in [0.3, 0.4) is 0 Å². The van der Waals surface area contributed by atoms with E-state index in [4.69, 9.17) is 0 Å². The number of nitrogens with one attached hydrogen (secondary N) is 1. The molecule has 1 N–H and O–H groups in total. The lowest BCUT2D eigenvalue weighted by atomic mass is 9.94. The van der Waals surface area contributed by atoms with Gasteiger partial charge in [-0.25, -0.2) is 4.39 Å². The van der Waals surface area contributed by atoms with E-state index in [0.29, 0.717) is 5.56 Å². The molecule has 2 nitrogen and oxygen atoms in total. The quantitative estimate of drug-likeness (QED) is 0.797. The summed E-state index contributed by atoms with van der Waals surface area (Å²) >= 11 is 0. The summed E-state index contributed by atoms with van der Waals surface area (Å²) in [6.07, 6.45) is 4.21. The Bertz CT molecular complexity index is 608. The first-order chi connectivity index (χ1) is 8.66. The Balaban J connectivity index is 2.12. The van der Waals surface area contributed by atoms with E-state index in [-0.39, 0.29) is 17.5 Å². The molecule has 1 aromatic carbocycles. The molecule has 1 aliphatic rings. The molecule has 1 aromatic heterocycles. The van der Waals surface area contributed by atoms with Gasteiger partial charge in [0, 0.05) is 28.1 Å². The van der Waals surface area contributed by atoms with Crippen LogP contribution in [-0.2, 0) is 0 Å². The lowest BCUT2D eigenvalue weighted by Gasteiger charge is -2.07. The SMILES string of the molecule is Cc1[nH]c2ccc(F)cc2c1C(=O)C1CCCC1. The fourth-order valence-electron chi connectivity index (χ4n) is 3.01. The molecule has 2 aromatic rings. The molecule has 0 atom stereocenters. The third-order valence-corrected chi connectivity index (χ3v) is 3.92. The van der Waals surface area contributed by atoms with Crippen LogP contribution >= 0.6 is 0 Å². The van der Waals surface area contributed by atoms with Gasteiger partial charge < -0.3 is 4.98 Å². The van der Waals surface area contributed by atoms with Crippen LogP contribution in [0.4, 0.5) is 4.39 Å². The highest BCUT2D eigenvalue weighted by Crippen LogP contribution is 2.32. The van der Waals surface area contributed by atoms with Gasteiger partial charge in [-0.2, -0.15) is 0 Å². The second-order valence-corrected chi connectivity index (χ2v) is 5.16. The smallest absolute Gasteiger partial charge is 0.168 e. The molecule has 1 aliphatic carbocycles. The summed E-state index contributed by atoms with van der Waals surface area (Å²) < 4.78 is 13.3. The molecule has 1 saturated carbocycles. The van der Waals surface area contributed by atoms with E-state index in [0.717, 1.165) is 42.3 Å². The molecule has 0 saturated heterocycles. The standard InChI is InChI=1S/C15H16FNO/c1-9-14(15(18)10-4-2-3-5-10)12-8-11(16)6-7-13(12)17-9/h6-8,10,17H,2-5H2,1H3. The molecule has 0 bridgehead atoms. The zero-order chi connectivity index (χ0) is 12.7. The van der Waals surface area contributed by atoms with Crippen molar-refractivity contribution in [2.45, 2.75) is 32.6 Å². The second kappa shape index (κ2) is 4.23. The fourth-order valence-corrected chi connectivity index (χ4v) is 3.01. The molecule has 0 amide bonds. The summed E-state index contributed by atoms with van der Waals surface area (Å²) in [4.78, 5) is 15.7. The molecule has 3 heteroatoms. The Morgan fingerprint density at radius 2 is 2.06 bits per heavy atom. The maximum Gasteiger partial charge on any atom is 0.168 e. The van der Waals surface area contributed by atoms with Crippen molar-refractivity contribution < 1.29 is 9.18 Å². The first-order valence-electron chi connectivity index (χ1n) is 6.49. The third kappa shape index (κ3) is 1.74. The van der Waals surface area contributed by atoms with Crippen LogP contribution in [0.25, 0.3) is 10.9 Å². The van der Waals surface area contributed by atoms with Crippen molar-refractivity contribution in [3.63, 3.8) is 0 Å². The Labute approximate surface area is 105 Å². The van der Waals surface area contributed by atoms with Crippen molar-refractivity contribution in [1.29, 1.82) is 0 Å². The Morgan fingerprint density at radius 1 is 1.33 bits per heavy atom. The number of hydrogen-bond acceptors (Lipinski definition) is 1. The van der Waals surface area contributed by atoms with Crippen LogP contribution in [-0.4, -0.2) is 10.8 Å². The largest absolute Gasteiger partial charge is 0.358 e. The Morgan fingerprint density at radius 3 is 2.78 bits per heavy atom. The maximum atomic E-state index is 13.3. The molecule has 0 radical (unpaired) electrons. The summed E-state index contributed by atoms with van der Waals surface area (Å²) in [5, 5.41) is 0.726. The van der Waals surface area contributed by atoms with Gasteiger partial charge >= 0.3 is 0 Å². The van der Waals surface area contributed by atoms with E-state index in [1.54, 1.807) is 6.07 Å². The Hall–Kier alpha value is -1.64. The van der Waals surface area contributed by atoms with Crippen LogP contribution in [0.1, 0.15) is 41.7 Å². The monoisotopic (exact) mass is 245 g/mol. The summed E-state index contributed by atoms with van der Waals surface area (Å²) in [6.45, 7) is 1.89. The van der Waals surface area contributed by atoms with Crippen LogP contribution in [0.5, 0.6) is 0 Å². The number of aromatic amines is 1.